The molecule has 0 aliphatic carbocycles. The van der Waals surface area contributed by atoms with E-state index < -0.39 is 0 Å². The molecule has 2 rings (SSSR count). The molecule has 114 valence electrons. The van der Waals surface area contributed by atoms with Crippen molar-refractivity contribution in [1.29, 1.82) is 0 Å². The maximum atomic E-state index is 14.0. The van der Waals surface area contributed by atoms with Gasteiger partial charge in [-0.3, -0.25) is 11.3 Å². The minimum atomic E-state index is -0.251. The van der Waals surface area contributed by atoms with Crippen LogP contribution in [0.15, 0.2) is 22.7 Å². The molecule has 1 aromatic carbocycles. The Kier molecular flexibility index (Phi) is 5.08. The molecule has 0 fully saturated rings. The maximum Gasteiger partial charge on any atom is 0.127 e. The van der Waals surface area contributed by atoms with Crippen LogP contribution in [0.2, 0.25) is 0 Å². The van der Waals surface area contributed by atoms with E-state index in [4.69, 9.17) is 5.84 Å². The summed E-state index contributed by atoms with van der Waals surface area (Å²) in [5.41, 5.74) is 4.13. The van der Waals surface area contributed by atoms with Crippen LogP contribution in [0.5, 0.6) is 0 Å². The molecule has 0 spiro atoms. The highest BCUT2D eigenvalue weighted by molar-refractivity contribution is 9.10. The molecule has 1 aromatic heterocycles. The smallest absolute Gasteiger partial charge is 0.127 e. The molecule has 0 saturated heterocycles. The third-order valence-corrected chi connectivity index (χ3v) is 4.51. The fourth-order valence-corrected chi connectivity index (χ4v) is 3.34. The van der Waals surface area contributed by atoms with Gasteiger partial charge < -0.3 is 0 Å². The maximum absolute atomic E-state index is 14.0. The van der Waals surface area contributed by atoms with Crippen molar-refractivity contribution in [2.24, 2.45) is 5.84 Å². The van der Waals surface area contributed by atoms with Crippen molar-refractivity contribution in [1.82, 2.24) is 15.0 Å². The Bertz CT molecular complexity index is 624. The van der Waals surface area contributed by atoms with Gasteiger partial charge >= 0.3 is 0 Å². The van der Waals surface area contributed by atoms with E-state index in [2.05, 4.69) is 51.7 Å². The van der Waals surface area contributed by atoms with Crippen LogP contribution in [-0.2, 0) is 11.8 Å². The first kappa shape index (κ1) is 16.5. The molecule has 0 saturated carbocycles. The molecule has 2 aromatic rings. The molecule has 7 heteroatoms. The Labute approximate surface area is 136 Å². The van der Waals surface area contributed by atoms with Crippen LogP contribution >= 0.6 is 27.5 Å². The van der Waals surface area contributed by atoms with Gasteiger partial charge in [0, 0.05) is 9.89 Å². The van der Waals surface area contributed by atoms with E-state index in [-0.39, 0.29) is 17.3 Å². The summed E-state index contributed by atoms with van der Waals surface area (Å²) < 4.78 is 18.7. The molecule has 0 radical (unpaired) electrons. The third-order valence-electron chi connectivity index (χ3n) is 3.18. The molecule has 0 aliphatic rings. The zero-order chi connectivity index (χ0) is 15.6. The third kappa shape index (κ3) is 3.85. The summed E-state index contributed by atoms with van der Waals surface area (Å²) in [5.74, 6) is 5.42. The average molecular weight is 373 g/mol. The SMILES string of the molecule is CC(C)(C)c1nnsc1C(Cc1ccc(Br)cc1F)NN. The van der Waals surface area contributed by atoms with Crippen LogP contribution in [-0.4, -0.2) is 9.59 Å². The summed E-state index contributed by atoms with van der Waals surface area (Å²) in [7, 11) is 0. The zero-order valence-corrected chi connectivity index (χ0v) is 14.6. The number of halogens is 2. The number of hydrazine groups is 1. The number of hydrogen-bond donors (Lipinski definition) is 2. The van der Waals surface area contributed by atoms with Crippen molar-refractivity contribution in [3.63, 3.8) is 0 Å². The first-order valence-corrected chi connectivity index (χ1v) is 8.12. The molecular weight excluding hydrogens is 355 g/mol. The fourth-order valence-electron chi connectivity index (χ4n) is 2.08. The Morgan fingerprint density at radius 1 is 1.43 bits per heavy atom. The first-order chi connectivity index (χ1) is 9.82. The Morgan fingerprint density at radius 3 is 2.71 bits per heavy atom. The Hall–Kier alpha value is -0.890. The molecule has 0 aliphatic heterocycles. The van der Waals surface area contributed by atoms with E-state index in [9.17, 15) is 4.39 Å². The van der Waals surface area contributed by atoms with Crippen molar-refractivity contribution in [2.75, 3.05) is 0 Å². The standard InChI is InChI=1S/C14H18BrFN4S/c1-14(2,3)13-12(21-20-19-13)11(18-17)6-8-4-5-9(15)7-10(8)16/h4-5,7,11,18H,6,17H2,1-3H3. The van der Waals surface area contributed by atoms with Crippen LogP contribution in [0.4, 0.5) is 4.39 Å². The summed E-state index contributed by atoms with van der Waals surface area (Å²) in [6.07, 6.45) is 0.447. The van der Waals surface area contributed by atoms with Crippen molar-refractivity contribution in [3.05, 3.63) is 44.6 Å². The summed E-state index contributed by atoms with van der Waals surface area (Å²) in [5, 5.41) is 4.21. The van der Waals surface area contributed by atoms with Crippen molar-refractivity contribution < 1.29 is 4.39 Å². The summed E-state index contributed by atoms with van der Waals surface area (Å²) >= 11 is 4.56. The van der Waals surface area contributed by atoms with Crippen molar-refractivity contribution in [3.8, 4) is 0 Å². The molecule has 21 heavy (non-hydrogen) atoms. The van der Waals surface area contributed by atoms with Crippen LogP contribution in [0.1, 0.15) is 42.9 Å². The lowest BCUT2D eigenvalue weighted by molar-refractivity contribution is 0.505. The number of nitrogens with two attached hydrogens (primary N) is 1. The number of hydrogen-bond acceptors (Lipinski definition) is 5. The number of aromatic nitrogens is 2. The minimum absolute atomic E-state index is 0.129. The van der Waals surface area contributed by atoms with Gasteiger partial charge in [0.2, 0.25) is 0 Å². The van der Waals surface area contributed by atoms with Crippen LogP contribution in [0.25, 0.3) is 0 Å². The lowest BCUT2D eigenvalue weighted by Gasteiger charge is -2.21. The topological polar surface area (TPSA) is 63.8 Å². The molecular formula is C14H18BrFN4S. The van der Waals surface area contributed by atoms with Gasteiger partial charge in [0.15, 0.2) is 0 Å². The predicted octanol–water partition coefficient (Wildman–Crippen LogP) is 3.48. The van der Waals surface area contributed by atoms with Crippen LogP contribution in [0, 0.1) is 5.82 Å². The molecule has 3 N–H and O–H groups in total. The molecule has 0 amide bonds. The Balaban J connectivity index is 2.31. The van der Waals surface area contributed by atoms with E-state index in [1.165, 1.54) is 17.6 Å². The number of benzene rings is 1. The molecule has 1 atom stereocenters. The van der Waals surface area contributed by atoms with Gasteiger partial charge in [0.05, 0.1) is 16.6 Å². The van der Waals surface area contributed by atoms with E-state index in [0.29, 0.717) is 12.0 Å². The van der Waals surface area contributed by atoms with Gasteiger partial charge in [-0.15, -0.1) is 5.10 Å². The van der Waals surface area contributed by atoms with E-state index in [1.54, 1.807) is 6.07 Å². The first-order valence-electron chi connectivity index (χ1n) is 6.55. The average Bonchev–Trinajstić information content (AvgIpc) is 2.87. The van der Waals surface area contributed by atoms with Crippen LogP contribution in [0.3, 0.4) is 0 Å². The summed E-state index contributed by atoms with van der Waals surface area (Å²) in [6, 6.07) is 4.82. The number of rotatable bonds is 4. The number of nitrogens with zero attached hydrogens (tertiary/aromatic N) is 2. The summed E-state index contributed by atoms with van der Waals surface area (Å²) in [4.78, 5) is 0.951. The molecule has 1 heterocycles. The van der Waals surface area contributed by atoms with E-state index in [1.807, 2.05) is 6.07 Å². The molecule has 4 nitrogen and oxygen atoms in total. The van der Waals surface area contributed by atoms with Gasteiger partial charge in [-0.1, -0.05) is 47.3 Å². The largest absolute Gasteiger partial charge is 0.271 e. The number of nitrogens with one attached hydrogen (secondary N) is 1. The lowest BCUT2D eigenvalue weighted by Crippen LogP contribution is -2.31. The summed E-state index contributed by atoms with van der Waals surface area (Å²) in [6.45, 7) is 6.21. The lowest BCUT2D eigenvalue weighted by atomic mass is 9.89. The second-order valence-electron chi connectivity index (χ2n) is 5.89. The van der Waals surface area contributed by atoms with Gasteiger partial charge in [-0.25, -0.2) is 4.39 Å². The molecule has 1 unspecified atom stereocenters. The fraction of sp³-hybridized carbons (Fsp3) is 0.429. The highest BCUT2D eigenvalue weighted by atomic mass is 79.9. The quantitative estimate of drug-likeness (QED) is 0.636. The zero-order valence-electron chi connectivity index (χ0n) is 12.2. The second kappa shape index (κ2) is 6.48. The van der Waals surface area contributed by atoms with Gasteiger partial charge in [-0.2, -0.15) is 0 Å². The minimum Gasteiger partial charge on any atom is -0.271 e. The highest BCUT2D eigenvalue weighted by Gasteiger charge is 2.27. The Morgan fingerprint density at radius 2 is 2.14 bits per heavy atom. The van der Waals surface area contributed by atoms with Gasteiger partial charge in [0.1, 0.15) is 5.82 Å². The molecule has 0 bridgehead atoms. The van der Waals surface area contributed by atoms with Crippen molar-refractivity contribution in [2.45, 2.75) is 38.6 Å². The monoisotopic (exact) mass is 372 g/mol. The predicted molar refractivity (Wildman–Crippen MR) is 86.5 cm³/mol. The second-order valence-corrected chi connectivity index (χ2v) is 7.60. The van der Waals surface area contributed by atoms with E-state index >= 15 is 0 Å². The van der Waals surface area contributed by atoms with Gasteiger partial charge in [0.25, 0.3) is 0 Å². The normalized spacial score (nSPS) is 13.4. The van der Waals surface area contributed by atoms with E-state index in [0.717, 1.165) is 15.0 Å². The van der Waals surface area contributed by atoms with Gasteiger partial charge in [-0.05, 0) is 35.6 Å². The van der Waals surface area contributed by atoms with Crippen LogP contribution < -0.4 is 11.3 Å². The highest BCUT2D eigenvalue weighted by Crippen LogP contribution is 2.32. The van der Waals surface area contributed by atoms with Crippen molar-refractivity contribution >= 4 is 27.5 Å².